The second-order valence-electron chi connectivity index (χ2n) is 7.41. The number of ether oxygens (including phenoxy) is 2. The summed E-state index contributed by atoms with van der Waals surface area (Å²) in [4.78, 5) is 39.8. The van der Waals surface area contributed by atoms with Crippen LogP contribution in [-0.2, 0) is 50.4 Å². The SMILES string of the molecule is COC(=O)c1ccnc(-c2cc(C(=O)OC)ccn2)c1.Cc1ccnc(-c2cc(C)ccn2)c1.[Cl][Ru][Cl].[O]=[Ti]=[O]. The molecule has 0 fully saturated rings. The van der Waals surface area contributed by atoms with Gasteiger partial charge in [-0.25, -0.2) is 9.59 Å². The van der Waals surface area contributed by atoms with Crippen molar-refractivity contribution < 1.29 is 59.9 Å². The van der Waals surface area contributed by atoms with E-state index in [1.807, 2.05) is 36.7 Å². The van der Waals surface area contributed by atoms with Crippen LogP contribution >= 0.6 is 19.4 Å². The summed E-state index contributed by atoms with van der Waals surface area (Å²) in [5, 5.41) is 0. The molecule has 14 heteroatoms. The number of halogens is 2. The van der Waals surface area contributed by atoms with Gasteiger partial charge in [-0.05, 0) is 73.5 Å². The van der Waals surface area contributed by atoms with Gasteiger partial charge in [-0.2, -0.15) is 0 Å². The number of methoxy groups -OCH3 is 2. The van der Waals surface area contributed by atoms with E-state index in [1.165, 1.54) is 37.7 Å². The number of nitrogens with zero attached hydrogens (tertiary/aromatic N) is 4. The van der Waals surface area contributed by atoms with Crippen molar-refractivity contribution in [3.8, 4) is 22.8 Å². The van der Waals surface area contributed by atoms with Gasteiger partial charge in [0.1, 0.15) is 0 Å². The number of rotatable bonds is 4. The molecule has 0 aromatic carbocycles. The fourth-order valence-electron chi connectivity index (χ4n) is 2.98. The molecule has 0 spiro atoms. The molecule has 0 unspecified atom stereocenters. The number of esters is 2. The Balaban J connectivity index is 0.000000347. The van der Waals surface area contributed by atoms with Crippen molar-refractivity contribution in [2.75, 3.05) is 14.2 Å². The van der Waals surface area contributed by atoms with Gasteiger partial charge in [-0.15, -0.1) is 0 Å². The summed E-state index contributed by atoms with van der Waals surface area (Å²) in [5.41, 5.74) is 5.96. The third-order valence-corrected chi connectivity index (χ3v) is 4.72. The number of aryl methyl sites for hydroxylation is 2. The fraction of sp³-hybridized carbons (Fsp3) is 0.154. The zero-order chi connectivity index (χ0) is 29.9. The first kappa shape index (κ1) is 35.1. The van der Waals surface area contributed by atoms with Gasteiger partial charge in [0.2, 0.25) is 0 Å². The Labute approximate surface area is 256 Å². The van der Waals surface area contributed by atoms with Gasteiger partial charge in [0, 0.05) is 24.8 Å². The quantitative estimate of drug-likeness (QED) is 0.194. The van der Waals surface area contributed by atoms with Crippen LogP contribution in [0, 0.1) is 13.8 Å². The molecule has 0 bridgehead atoms. The summed E-state index contributed by atoms with van der Waals surface area (Å²) in [6, 6.07) is 14.2. The van der Waals surface area contributed by atoms with E-state index >= 15 is 0 Å². The predicted molar refractivity (Wildman–Crippen MR) is 140 cm³/mol. The van der Waals surface area contributed by atoms with Crippen LogP contribution in [0.25, 0.3) is 22.8 Å². The normalized spacial score (nSPS) is 9.25. The van der Waals surface area contributed by atoms with Gasteiger partial charge in [-0.3, -0.25) is 19.9 Å². The van der Waals surface area contributed by atoms with Crippen LogP contribution in [0.2, 0.25) is 0 Å². The summed E-state index contributed by atoms with van der Waals surface area (Å²) in [6.07, 6.45) is 6.59. The molecule has 0 aliphatic heterocycles. The minimum atomic E-state index is -2.00. The van der Waals surface area contributed by atoms with Crippen LogP contribution in [0.5, 0.6) is 0 Å². The summed E-state index contributed by atoms with van der Waals surface area (Å²) < 4.78 is 26.3. The Bertz CT molecular complexity index is 1340. The van der Waals surface area contributed by atoms with Crippen molar-refractivity contribution >= 4 is 31.3 Å². The Morgan fingerprint density at radius 3 is 1.20 bits per heavy atom. The second kappa shape index (κ2) is 20.0. The third-order valence-electron chi connectivity index (χ3n) is 4.72. The molecule has 10 nitrogen and oxygen atoms in total. The molecule has 0 aliphatic carbocycles. The van der Waals surface area contributed by atoms with E-state index in [0.717, 1.165) is 11.4 Å². The fourth-order valence-corrected chi connectivity index (χ4v) is 2.98. The van der Waals surface area contributed by atoms with Crippen LogP contribution < -0.4 is 0 Å². The molecule has 210 valence electrons. The van der Waals surface area contributed by atoms with Gasteiger partial charge >= 0.3 is 72.2 Å². The van der Waals surface area contributed by atoms with Crippen LogP contribution in [0.3, 0.4) is 0 Å². The second-order valence-corrected chi connectivity index (χ2v) is 10.3. The van der Waals surface area contributed by atoms with Crippen molar-refractivity contribution in [1.29, 1.82) is 0 Å². The van der Waals surface area contributed by atoms with Gasteiger partial charge in [0.15, 0.2) is 0 Å². The van der Waals surface area contributed by atoms with E-state index in [1.54, 1.807) is 24.3 Å². The molecule has 0 saturated carbocycles. The topological polar surface area (TPSA) is 138 Å². The van der Waals surface area contributed by atoms with Gasteiger partial charge < -0.3 is 9.47 Å². The number of carbonyl (C=O) groups excluding carboxylic acids is 2. The Kier molecular flexibility index (Phi) is 17.6. The van der Waals surface area contributed by atoms with Gasteiger partial charge in [0.25, 0.3) is 0 Å². The number of hydrogen-bond acceptors (Lipinski definition) is 10. The maximum absolute atomic E-state index is 11.5. The maximum atomic E-state index is 11.5. The molecular formula is C26H24Cl2N4O6RuTi. The van der Waals surface area contributed by atoms with Crippen molar-refractivity contribution in [1.82, 2.24) is 19.9 Å². The van der Waals surface area contributed by atoms with E-state index in [-0.39, 0.29) is 15.1 Å². The molecule has 40 heavy (non-hydrogen) atoms. The van der Waals surface area contributed by atoms with E-state index in [0.29, 0.717) is 22.5 Å². The van der Waals surface area contributed by atoms with E-state index < -0.39 is 31.0 Å². The number of aromatic nitrogens is 4. The standard InChI is InChI=1S/C14H12N2O4.C12H12N2.2ClH.2O.Ru.Ti/c1-19-13(17)9-3-5-15-11(7-9)12-8-10(4-6-16-12)14(18)20-2;1-9-3-5-13-11(7-9)12-8-10(2)4-6-14-12;;;;;;/h3-8H,1-2H3;3-8H,1-2H3;2*1H;;;;/q;;;;;;+2;/p-2. The van der Waals surface area contributed by atoms with Crippen molar-refractivity contribution in [2.45, 2.75) is 13.8 Å². The van der Waals surface area contributed by atoms with Gasteiger partial charge in [-0.1, -0.05) is 0 Å². The summed E-state index contributed by atoms with van der Waals surface area (Å²) in [7, 11) is 12.3. The van der Waals surface area contributed by atoms with Gasteiger partial charge in [0.05, 0.1) is 48.1 Å². The van der Waals surface area contributed by atoms with Crippen LogP contribution in [0.4, 0.5) is 0 Å². The van der Waals surface area contributed by atoms with E-state index in [4.69, 9.17) is 26.0 Å². The zero-order valence-corrected chi connectivity index (χ0v) is 26.6. The molecular weight excluding hydrogens is 684 g/mol. The number of pyridine rings is 4. The molecule has 4 heterocycles. The average Bonchev–Trinajstić information content (AvgIpc) is 2.97. The van der Waals surface area contributed by atoms with Crippen molar-refractivity contribution in [3.63, 3.8) is 0 Å². The predicted octanol–water partition coefficient (Wildman–Crippen LogP) is 5.61. The van der Waals surface area contributed by atoms with Crippen LogP contribution in [0.1, 0.15) is 31.8 Å². The first-order valence-corrected chi connectivity index (χ1v) is 16.8. The van der Waals surface area contributed by atoms with Crippen LogP contribution in [0.15, 0.2) is 73.3 Å². The molecule has 0 N–H and O–H groups in total. The molecule has 0 saturated heterocycles. The Hall–Kier alpha value is -2.94. The van der Waals surface area contributed by atoms with E-state index in [2.05, 4.69) is 43.3 Å². The summed E-state index contributed by atoms with van der Waals surface area (Å²) >= 11 is -2.35. The molecule has 0 amide bonds. The average molecular weight is 708 g/mol. The van der Waals surface area contributed by atoms with E-state index in [9.17, 15) is 9.59 Å². The minimum absolute atomic E-state index is 0.346. The Morgan fingerprint density at radius 2 is 0.925 bits per heavy atom. The molecule has 0 atom stereocenters. The number of carbonyl (C=O) groups is 2. The molecule has 4 aromatic rings. The molecule has 0 aliphatic rings. The molecule has 4 aromatic heterocycles. The number of hydrogen-bond donors (Lipinski definition) is 0. The van der Waals surface area contributed by atoms with Crippen molar-refractivity contribution in [2.24, 2.45) is 0 Å². The molecule has 0 radical (unpaired) electrons. The van der Waals surface area contributed by atoms with Crippen molar-refractivity contribution in [3.05, 3.63) is 95.6 Å². The summed E-state index contributed by atoms with van der Waals surface area (Å²) in [5.74, 6) is -0.921. The zero-order valence-electron chi connectivity index (χ0n) is 21.8. The Morgan fingerprint density at radius 1 is 0.650 bits per heavy atom. The third kappa shape index (κ3) is 12.5. The first-order chi connectivity index (χ1) is 19.2. The van der Waals surface area contributed by atoms with Crippen LogP contribution in [-0.4, -0.2) is 46.1 Å². The first-order valence-electron chi connectivity index (χ1n) is 11.0. The summed E-state index contributed by atoms with van der Waals surface area (Å²) in [6.45, 7) is 4.11. The monoisotopic (exact) mass is 708 g/mol. The molecule has 4 rings (SSSR count).